The standard InChI is InChI=1S/C7H9NO4/c9-6(10)5-4-1-3(4)2-8(5)7(11)12/h3-5H,1-2H2,(H,9,10)(H,11,12)/t3-,4-,5+/m1/s1. The maximum atomic E-state index is 10.6. The number of rotatable bonds is 1. The van der Waals surface area contributed by atoms with Crippen molar-refractivity contribution < 1.29 is 19.8 Å². The summed E-state index contributed by atoms with van der Waals surface area (Å²) in [5, 5.41) is 17.4. The highest BCUT2D eigenvalue weighted by Gasteiger charge is 2.57. The van der Waals surface area contributed by atoms with Gasteiger partial charge in [0.05, 0.1) is 0 Å². The summed E-state index contributed by atoms with van der Waals surface area (Å²) >= 11 is 0. The van der Waals surface area contributed by atoms with Crippen LogP contribution in [-0.4, -0.2) is 39.8 Å². The molecule has 5 nitrogen and oxygen atoms in total. The Bertz CT molecular complexity index is 252. The second kappa shape index (κ2) is 2.12. The minimum Gasteiger partial charge on any atom is -0.480 e. The van der Waals surface area contributed by atoms with Crippen LogP contribution in [0, 0.1) is 11.8 Å². The zero-order chi connectivity index (χ0) is 8.88. The second-order valence-corrected chi connectivity index (χ2v) is 3.38. The molecule has 0 aromatic heterocycles. The third-order valence-corrected chi connectivity index (χ3v) is 2.65. The van der Waals surface area contributed by atoms with Gasteiger partial charge in [0.1, 0.15) is 6.04 Å². The normalized spacial score (nSPS) is 37.7. The Morgan fingerprint density at radius 3 is 2.42 bits per heavy atom. The lowest BCUT2D eigenvalue weighted by Gasteiger charge is -2.20. The molecule has 0 unspecified atom stereocenters. The molecular formula is C7H9NO4. The number of carboxylic acid groups (broad SMARTS) is 2. The van der Waals surface area contributed by atoms with Crippen LogP contribution in [0.25, 0.3) is 0 Å². The molecule has 0 spiro atoms. The van der Waals surface area contributed by atoms with Crippen LogP contribution in [0.2, 0.25) is 0 Å². The second-order valence-electron chi connectivity index (χ2n) is 3.38. The number of nitrogens with zero attached hydrogens (tertiary/aromatic N) is 1. The topological polar surface area (TPSA) is 77.8 Å². The Kier molecular flexibility index (Phi) is 1.31. The number of aliphatic carboxylic acids is 1. The molecule has 2 N–H and O–H groups in total. The molecule has 2 aliphatic rings. The van der Waals surface area contributed by atoms with Crippen LogP contribution in [-0.2, 0) is 4.79 Å². The SMILES string of the molecule is O=C(O)[C@@H]1[C@@H]2C[C@@H]2CN1C(=O)O. The van der Waals surface area contributed by atoms with E-state index in [-0.39, 0.29) is 5.92 Å². The highest BCUT2D eigenvalue weighted by molar-refractivity contribution is 5.81. The largest absolute Gasteiger partial charge is 0.480 e. The Morgan fingerprint density at radius 2 is 2.00 bits per heavy atom. The van der Waals surface area contributed by atoms with E-state index in [2.05, 4.69) is 0 Å². The molecule has 1 saturated heterocycles. The molecule has 5 heteroatoms. The molecule has 1 amide bonds. The van der Waals surface area contributed by atoms with Gasteiger partial charge in [-0.05, 0) is 18.3 Å². The molecule has 0 bridgehead atoms. The first kappa shape index (κ1) is 7.39. The number of fused-ring (bicyclic) bond motifs is 1. The third kappa shape index (κ3) is 0.855. The molecule has 1 aliphatic carbocycles. The maximum absolute atomic E-state index is 10.6. The lowest BCUT2D eigenvalue weighted by molar-refractivity contribution is -0.142. The van der Waals surface area contributed by atoms with E-state index < -0.39 is 18.1 Å². The summed E-state index contributed by atoms with van der Waals surface area (Å²) in [6, 6.07) is -0.785. The summed E-state index contributed by atoms with van der Waals surface area (Å²) in [7, 11) is 0. The van der Waals surface area contributed by atoms with Gasteiger partial charge in [-0.25, -0.2) is 9.59 Å². The van der Waals surface area contributed by atoms with Crippen molar-refractivity contribution >= 4 is 12.1 Å². The van der Waals surface area contributed by atoms with E-state index in [0.29, 0.717) is 12.5 Å². The number of carboxylic acids is 1. The average molecular weight is 171 g/mol. The van der Waals surface area contributed by atoms with Gasteiger partial charge in [0.2, 0.25) is 0 Å². The van der Waals surface area contributed by atoms with Crippen molar-refractivity contribution in [1.82, 2.24) is 4.90 Å². The van der Waals surface area contributed by atoms with Crippen LogP contribution in [0.3, 0.4) is 0 Å². The van der Waals surface area contributed by atoms with Crippen molar-refractivity contribution in [3.8, 4) is 0 Å². The monoisotopic (exact) mass is 171 g/mol. The van der Waals surface area contributed by atoms with Gasteiger partial charge >= 0.3 is 12.1 Å². The molecule has 12 heavy (non-hydrogen) atoms. The predicted molar refractivity (Wildman–Crippen MR) is 37.8 cm³/mol. The van der Waals surface area contributed by atoms with Crippen LogP contribution in [0.4, 0.5) is 4.79 Å². The van der Waals surface area contributed by atoms with Crippen molar-refractivity contribution in [3.63, 3.8) is 0 Å². The van der Waals surface area contributed by atoms with E-state index in [1.807, 2.05) is 0 Å². The van der Waals surface area contributed by atoms with Gasteiger partial charge < -0.3 is 10.2 Å². The lowest BCUT2D eigenvalue weighted by atomic mass is 10.2. The Labute approximate surface area is 68.6 Å². The molecular weight excluding hydrogens is 162 g/mol. The van der Waals surface area contributed by atoms with Gasteiger partial charge in [-0.3, -0.25) is 4.90 Å². The van der Waals surface area contributed by atoms with E-state index in [1.165, 1.54) is 0 Å². The van der Waals surface area contributed by atoms with E-state index in [0.717, 1.165) is 11.3 Å². The summed E-state index contributed by atoms with van der Waals surface area (Å²) in [5.41, 5.74) is 0. The first-order chi connectivity index (χ1) is 5.61. The summed E-state index contributed by atoms with van der Waals surface area (Å²) in [6.45, 7) is 0.400. The number of hydrogen-bond acceptors (Lipinski definition) is 2. The van der Waals surface area contributed by atoms with Crippen molar-refractivity contribution in [2.45, 2.75) is 12.5 Å². The van der Waals surface area contributed by atoms with E-state index in [1.54, 1.807) is 0 Å². The first-order valence-electron chi connectivity index (χ1n) is 3.83. The Morgan fingerprint density at radius 1 is 1.33 bits per heavy atom. The highest BCUT2D eigenvalue weighted by Crippen LogP contribution is 2.49. The van der Waals surface area contributed by atoms with E-state index in [4.69, 9.17) is 10.2 Å². The molecule has 0 radical (unpaired) electrons. The Hall–Kier alpha value is -1.26. The average Bonchev–Trinajstić information content (AvgIpc) is 2.60. The highest BCUT2D eigenvalue weighted by atomic mass is 16.4. The molecule has 1 saturated carbocycles. The van der Waals surface area contributed by atoms with Crippen molar-refractivity contribution in [2.75, 3.05) is 6.54 Å². The zero-order valence-corrected chi connectivity index (χ0v) is 6.30. The van der Waals surface area contributed by atoms with Crippen molar-refractivity contribution in [3.05, 3.63) is 0 Å². The molecule has 1 heterocycles. The van der Waals surface area contributed by atoms with Crippen LogP contribution < -0.4 is 0 Å². The van der Waals surface area contributed by atoms with Crippen LogP contribution >= 0.6 is 0 Å². The molecule has 1 aliphatic heterocycles. The van der Waals surface area contributed by atoms with E-state index in [9.17, 15) is 9.59 Å². The Balaban J connectivity index is 2.16. The molecule has 0 aromatic rings. The number of piperidine rings is 1. The van der Waals surface area contributed by atoms with Crippen molar-refractivity contribution in [2.24, 2.45) is 11.8 Å². The summed E-state index contributed by atoms with van der Waals surface area (Å²) < 4.78 is 0. The van der Waals surface area contributed by atoms with Gasteiger partial charge in [0.15, 0.2) is 0 Å². The smallest absolute Gasteiger partial charge is 0.408 e. The molecule has 2 fully saturated rings. The van der Waals surface area contributed by atoms with Gasteiger partial charge in [-0.15, -0.1) is 0 Å². The molecule has 2 rings (SSSR count). The lowest BCUT2D eigenvalue weighted by Crippen LogP contribution is -2.42. The fourth-order valence-electron chi connectivity index (χ4n) is 1.98. The van der Waals surface area contributed by atoms with Crippen molar-refractivity contribution in [1.29, 1.82) is 0 Å². The zero-order valence-electron chi connectivity index (χ0n) is 6.30. The number of likely N-dealkylation sites (tertiary alicyclic amines) is 1. The van der Waals surface area contributed by atoms with Gasteiger partial charge in [-0.1, -0.05) is 0 Å². The molecule has 66 valence electrons. The maximum Gasteiger partial charge on any atom is 0.408 e. The summed E-state index contributed by atoms with van der Waals surface area (Å²) in [6.07, 6.45) is -0.240. The van der Waals surface area contributed by atoms with Crippen LogP contribution in [0.5, 0.6) is 0 Å². The minimum absolute atomic E-state index is 0.0820. The molecule has 3 atom stereocenters. The third-order valence-electron chi connectivity index (χ3n) is 2.65. The predicted octanol–water partition coefficient (Wildman–Crippen LogP) is 0.0693. The fourth-order valence-corrected chi connectivity index (χ4v) is 1.98. The fraction of sp³-hybridized carbons (Fsp3) is 0.714. The van der Waals surface area contributed by atoms with Gasteiger partial charge in [0.25, 0.3) is 0 Å². The van der Waals surface area contributed by atoms with Crippen LogP contribution in [0.15, 0.2) is 0 Å². The minimum atomic E-state index is -1.12. The molecule has 0 aromatic carbocycles. The van der Waals surface area contributed by atoms with E-state index >= 15 is 0 Å². The number of hydrogen-bond donors (Lipinski definition) is 2. The summed E-state index contributed by atoms with van der Waals surface area (Å²) in [5.74, 6) is -0.622. The summed E-state index contributed by atoms with van der Waals surface area (Å²) in [4.78, 5) is 22.2. The number of carbonyl (C=O) groups is 2. The number of amides is 1. The first-order valence-corrected chi connectivity index (χ1v) is 3.83. The van der Waals surface area contributed by atoms with Crippen LogP contribution in [0.1, 0.15) is 6.42 Å². The quantitative estimate of drug-likeness (QED) is 0.585. The van der Waals surface area contributed by atoms with Gasteiger partial charge in [0, 0.05) is 6.54 Å². The van der Waals surface area contributed by atoms with Gasteiger partial charge in [-0.2, -0.15) is 0 Å².